The van der Waals surface area contributed by atoms with E-state index < -0.39 is 17.4 Å². The molecule has 3 aliphatic rings. The Kier molecular flexibility index (Phi) is 4.85. The molecule has 3 heterocycles. The van der Waals surface area contributed by atoms with Gasteiger partial charge in [-0.05, 0) is 54.3 Å². The number of benzene rings is 1. The van der Waals surface area contributed by atoms with Crippen LogP contribution < -0.4 is 10.2 Å². The topological polar surface area (TPSA) is 97.8 Å². The number of esters is 2. The predicted molar refractivity (Wildman–Crippen MR) is 120 cm³/mol. The van der Waals surface area contributed by atoms with Gasteiger partial charge >= 0.3 is 11.9 Å². The molecule has 1 unspecified atom stereocenters. The highest BCUT2D eigenvalue weighted by Gasteiger charge is 2.51. The zero-order chi connectivity index (χ0) is 23.2. The van der Waals surface area contributed by atoms with Gasteiger partial charge in [0.05, 0.1) is 25.2 Å². The Morgan fingerprint density at radius 2 is 1.85 bits per heavy atom. The number of anilines is 2. The average Bonchev–Trinajstić information content (AvgIpc) is 3.25. The highest BCUT2D eigenvalue weighted by atomic mass is 16.5. The van der Waals surface area contributed by atoms with E-state index in [1.54, 1.807) is 29.4 Å². The molecule has 0 fully saturated rings. The summed E-state index contributed by atoms with van der Waals surface area (Å²) in [5.41, 5.74) is 3.05. The molecule has 1 aromatic heterocycles. The molecule has 2 aliphatic heterocycles. The summed E-state index contributed by atoms with van der Waals surface area (Å²) in [6, 6.07) is 9.55. The second-order valence-electron chi connectivity index (χ2n) is 8.06. The van der Waals surface area contributed by atoms with Gasteiger partial charge in [-0.2, -0.15) is 0 Å². The fraction of sp³-hybridized carbons (Fsp3) is 0.200. The SMILES string of the molecule is COC(=O)C1=C(C(=O)OC)N(c2ccc3c(c2)CC2(C3)C(=O)Nc3ncccc32)C=CC=C1. The van der Waals surface area contributed by atoms with Crippen molar-refractivity contribution >= 4 is 29.4 Å². The van der Waals surface area contributed by atoms with Crippen LogP contribution in [0.5, 0.6) is 0 Å². The van der Waals surface area contributed by atoms with Crippen LogP contribution in [0.3, 0.4) is 0 Å². The summed E-state index contributed by atoms with van der Waals surface area (Å²) in [4.78, 5) is 44.0. The number of methoxy groups -OCH3 is 2. The second-order valence-corrected chi connectivity index (χ2v) is 8.06. The second kappa shape index (κ2) is 7.74. The van der Waals surface area contributed by atoms with Crippen LogP contribution in [-0.2, 0) is 42.1 Å². The highest BCUT2D eigenvalue weighted by molar-refractivity contribution is 6.07. The maximum absolute atomic E-state index is 13.0. The van der Waals surface area contributed by atoms with Crippen LogP contribution in [-0.4, -0.2) is 37.0 Å². The van der Waals surface area contributed by atoms with Crippen LogP contribution in [0.1, 0.15) is 16.7 Å². The Balaban J connectivity index is 1.57. The number of nitrogens with one attached hydrogen (secondary N) is 1. The van der Waals surface area contributed by atoms with Crippen molar-refractivity contribution in [1.29, 1.82) is 0 Å². The molecule has 166 valence electrons. The molecule has 0 radical (unpaired) electrons. The highest BCUT2D eigenvalue weighted by Crippen LogP contribution is 2.47. The Labute approximate surface area is 190 Å². The summed E-state index contributed by atoms with van der Waals surface area (Å²) >= 11 is 0. The molecule has 0 saturated heterocycles. The molecule has 0 saturated carbocycles. The van der Waals surface area contributed by atoms with E-state index in [1.807, 2.05) is 30.3 Å². The lowest BCUT2D eigenvalue weighted by Gasteiger charge is -2.23. The van der Waals surface area contributed by atoms with E-state index in [-0.39, 0.29) is 17.2 Å². The molecule has 1 spiro atoms. The largest absolute Gasteiger partial charge is 0.465 e. The van der Waals surface area contributed by atoms with Gasteiger partial charge in [0, 0.05) is 23.6 Å². The number of carbonyl (C=O) groups excluding carboxylic acids is 3. The van der Waals surface area contributed by atoms with Gasteiger partial charge in [0.1, 0.15) is 11.5 Å². The molecular formula is C25H21N3O5. The summed E-state index contributed by atoms with van der Waals surface area (Å²) < 4.78 is 9.85. The lowest BCUT2D eigenvalue weighted by molar-refractivity contribution is -0.139. The zero-order valence-corrected chi connectivity index (χ0v) is 18.1. The first-order valence-electron chi connectivity index (χ1n) is 10.4. The lowest BCUT2D eigenvalue weighted by Crippen LogP contribution is -2.35. The Bertz CT molecular complexity index is 1290. The minimum absolute atomic E-state index is 0.0511. The van der Waals surface area contributed by atoms with Gasteiger partial charge in [0.15, 0.2) is 0 Å². The fourth-order valence-electron chi connectivity index (χ4n) is 4.77. The molecule has 1 aliphatic carbocycles. The Morgan fingerprint density at radius 1 is 1.06 bits per heavy atom. The van der Waals surface area contributed by atoms with Gasteiger partial charge < -0.3 is 19.7 Å². The smallest absolute Gasteiger partial charge is 0.355 e. The molecule has 1 atom stereocenters. The number of allylic oxidation sites excluding steroid dienone is 2. The molecule has 33 heavy (non-hydrogen) atoms. The standard InChI is InChI=1S/C25H21N3O5/c1-32-22(29)18-6-3-4-11-28(20(18)23(30)33-2)17-9-8-15-13-25(14-16(15)12-17)19-7-5-10-26-21(19)27-24(25)31/h3-12H,13-14H2,1-2H3,(H,26,27,31). The third-order valence-corrected chi connectivity index (χ3v) is 6.33. The van der Waals surface area contributed by atoms with Crippen LogP contribution in [0, 0.1) is 0 Å². The minimum atomic E-state index is -0.696. The third-order valence-electron chi connectivity index (χ3n) is 6.33. The number of hydrogen-bond acceptors (Lipinski definition) is 7. The van der Waals surface area contributed by atoms with E-state index in [1.165, 1.54) is 20.3 Å². The summed E-state index contributed by atoms with van der Waals surface area (Å²) in [5.74, 6) is -0.766. The van der Waals surface area contributed by atoms with Crippen molar-refractivity contribution in [3.05, 3.63) is 88.9 Å². The number of aromatic nitrogens is 1. The fourth-order valence-corrected chi connectivity index (χ4v) is 4.77. The van der Waals surface area contributed by atoms with Gasteiger partial charge in [0.25, 0.3) is 0 Å². The van der Waals surface area contributed by atoms with Crippen LogP contribution in [0.4, 0.5) is 11.5 Å². The number of pyridine rings is 1. The maximum Gasteiger partial charge on any atom is 0.355 e. The molecular weight excluding hydrogens is 422 g/mol. The van der Waals surface area contributed by atoms with Crippen molar-refractivity contribution in [1.82, 2.24) is 4.98 Å². The van der Waals surface area contributed by atoms with E-state index >= 15 is 0 Å². The number of carbonyl (C=O) groups is 3. The van der Waals surface area contributed by atoms with Crippen LogP contribution >= 0.6 is 0 Å². The van der Waals surface area contributed by atoms with Gasteiger partial charge in [-0.3, -0.25) is 4.79 Å². The summed E-state index contributed by atoms with van der Waals surface area (Å²) in [7, 11) is 2.52. The van der Waals surface area contributed by atoms with E-state index in [4.69, 9.17) is 9.47 Å². The molecule has 8 heteroatoms. The van der Waals surface area contributed by atoms with Crippen molar-refractivity contribution in [3.8, 4) is 0 Å². The van der Waals surface area contributed by atoms with Crippen molar-refractivity contribution < 1.29 is 23.9 Å². The lowest BCUT2D eigenvalue weighted by atomic mass is 9.79. The summed E-state index contributed by atoms with van der Waals surface area (Å²) in [6.07, 6.45) is 9.33. The summed E-state index contributed by atoms with van der Waals surface area (Å²) in [6.45, 7) is 0. The quantitative estimate of drug-likeness (QED) is 0.728. The van der Waals surface area contributed by atoms with Gasteiger partial charge in [-0.1, -0.05) is 18.2 Å². The molecule has 1 N–H and O–H groups in total. The van der Waals surface area contributed by atoms with E-state index in [0.717, 1.165) is 16.7 Å². The van der Waals surface area contributed by atoms with Crippen molar-refractivity contribution in [2.75, 3.05) is 24.4 Å². The van der Waals surface area contributed by atoms with Crippen molar-refractivity contribution in [2.45, 2.75) is 18.3 Å². The molecule has 2 aromatic rings. The van der Waals surface area contributed by atoms with Gasteiger partial charge in [0.2, 0.25) is 5.91 Å². The molecule has 5 rings (SSSR count). The van der Waals surface area contributed by atoms with E-state index in [9.17, 15) is 14.4 Å². The third kappa shape index (κ3) is 3.14. The van der Waals surface area contributed by atoms with Crippen molar-refractivity contribution in [2.24, 2.45) is 0 Å². The maximum atomic E-state index is 13.0. The molecule has 1 aromatic carbocycles. The first-order chi connectivity index (χ1) is 16.0. The molecule has 0 bridgehead atoms. The van der Waals surface area contributed by atoms with Crippen LogP contribution in [0.2, 0.25) is 0 Å². The number of rotatable bonds is 3. The van der Waals surface area contributed by atoms with E-state index in [2.05, 4.69) is 10.3 Å². The number of hydrogen-bond donors (Lipinski definition) is 1. The Morgan fingerprint density at radius 3 is 2.64 bits per heavy atom. The predicted octanol–water partition coefficient (Wildman–Crippen LogP) is 2.56. The molecule has 8 nitrogen and oxygen atoms in total. The van der Waals surface area contributed by atoms with Gasteiger partial charge in [-0.25, -0.2) is 14.6 Å². The number of nitrogens with zero attached hydrogens (tertiary/aromatic N) is 2. The van der Waals surface area contributed by atoms with Crippen molar-refractivity contribution in [3.63, 3.8) is 0 Å². The monoisotopic (exact) mass is 443 g/mol. The average molecular weight is 443 g/mol. The first-order valence-corrected chi connectivity index (χ1v) is 10.4. The Hall–Kier alpha value is -4.20. The summed E-state index contributed by atoms with van der Waals surface area (Å²) in [5, 5.41) is 2.91. The minimum Gasteiger partial charge on any atom is -0.465 e. The van der Waals surface area contributed by atoms with Crippen LogP contribution in [0.25, 0.3) is 0 Å². The normalized spacial score (nSPS) is 20.4. The zero-order valence-electron chi connectivity index (χ0n) is 18.1. The van der Waals surface area contributed by atoms with E-state index in [0.29, 0.717) is 24.3 Å². The number of amides is 1. The number of fused-ring (bicyclic) bond motifs is 3. The molecule has 1 amide bonds. The van der Waals surface area contributed by atoms with Gasteiger partial charge in [-0.15, -0.1) is 0 Å². The van der Waals surface area contributed by atoms with Crippen LogP contribution in [0.15, 0.2) is 72.2 Å². The first kappa shape index (κ1) is 20.7. The number of ether oxygens (including phenoxy) is 2.